The van der Waals surface area contributed by atoms with Gasteiger partial charge in [0.2, 0.25) is 5.79 Å². The van der Waals surface area contributed by atoms with Crippen molar-refractivity contribution in [1.29, 1.82) is 0 Å². The summed E-state index contributed by atoms with van der Waals surface area (Å²) in [6.45, 7) is 12.9. The third-order valence-electron chi connectivity index (χ3n) is 10.7. The van der Waals surface area contributed by atoms with Gasteiger partial charge in [0.15, 0.2) is 0 Å². The third kappa shape index (κ3) is 8.13. The Bertz CT molecular complexity index is 1570. The Morgan fingerprint density at radius 1 is 1.02 bits per heavy atom. The quantitative estimate of drug-likeness (QED) is 0.0972. The van der Waals surface area contributed by atoms with E-state index in [2.05, 4.69) is 43.8 Å². The number of allylic oxidation sites excluding steroid dienone is 1. The first-order valence-electron chi connectivity index (χ1n) is 18.6. The smallest absolute Gasteiger partial charge is 0.409 e. The van der Waals surface area contributed by atoms with Gasteiger partial charge in [0.25, 0.3) is 0 Å². The van der Waals surface area contributed by atoms with E-state index in [4.69, 9.17) is 23.8 Å². The van der Waals surface area contributed by atoms with E-state index in [1.807, 2.05) is 31.2 Å². The first-order valence-corrected chi connectivity index (χ1v) is 18.6. The molecule has 0 saturated heterocycles. The van der Waals surface area contributed by atoms with Crippen molar-refractivity contribution in [3.8, 4) is 17.2 Å². The molecule has 0 aromatic heterocycles. The Labute approximate surface area is 303 Å². The monoisotopic (exact) mass is 704 g/mol. The van der Waals surface area contributed by atoms with E-state index in [1.54, 1.807) is 24.9 Å². The van der Waals surface area contributed by atoms with E-state index in [-0.39, 0.29) is 50.1 Å². The minimum Gasteiger partial charge on any atom is -0.459 e. The molecular formula is C41H56N2O8. The highest BCUT2D eigenvalue weighted by Crippen LogP contribution is 2.62. The Kier molecular flexibility index (Phi) is 13.2. The molecular weight excluding hydrogens is 648 g/mol. The van der Waals surface area contributed by atoms with E-state index < -0.39 is 17.9 Å². The molecule has 3 aliphatic rings. The van der Waals surface area contributed by atoms with Gasteiger partial charge in [-0.05, 0) is 112 Å². The third-order valence-corrected chi connectivity index (χ3v) is 10.7. The fourth-order valence-corrected chi connectivity index (χ4v) is 8.20. The molecule has 6 atom stereocenters. The van der Waals surface area contributed by atoms with Gasteiger partial charge in [0, 0.05) is 38.2 Å². The number of amides is 1. The van der Waals surface area contributed by atoms with E-state index >= 15 is 0 Å². The molecule has 10 heteroatoms. The number of aliphatic hydroxyl groups excluding tert-OH is 2. The number of fused-ring (bicyclic) bond motifs is 2. The Morgan fingerprint density at radius 2 is 1.75 bits per heavy atom. The topological polar surface area (TPSA) is 119 Å². The zero-order valence-electron chi connectivity index (χ0n) is 30.9. The molecule has 2 aliphatic carbocycles. The van der Waals surface area contributed by atoms with Gasteiger partial charge in [-0.1, -0.05) is 36.2 Å². The maximum atomic E-state index is 13.5. The van der Waals surface area contributed by atoms with Crippen LogP contribution in [-0.2, 0) is 14.3 Å². The van der Waals surface area contributed by atoms with E-state index in [1.165, 1.54) is 5.56 Å². The van der Waals surface area contributed by atoms with Crippen LogP contribution in [0.2, 0.25) is 0 Å². The number of hydrogen-bond donors (Lipinski definition) is 2. The van der Waals surface area contributed by atoms with Crippen molar-refractivity contribution >= 4 is 11.8 Å². The molecule has 1 heterocycles. The number of nitrogens with zero attached hydrogens (tertiary/aromatic N) is 2. The number of rotatable bonds is 17. The second-order valence-corrected chi connectivity index (χ2v) is 13.8. The van der Waals surface area contributed by atoms with Gasteiger partial charge in [-0.2, -0.15) is 0 Å². The average Bonchev–Trinajstić information content (AvgIpc) is 3.12. The van der Waals surface area contributed by atoms with Crippen LogP contribution in [0.4, 0.5) is 4.79 Å². The molecule has 10 nitrogen and oxygen atoms in total. The molecule has 1 aliphatic heterocycles. The predicted molar refractivity (Wildman–Crippen MR) is 197 cm³/mol. The summed E-state index contributed by atoms with van der Waals surface area (Å²) in [6, 6.07) is 11.4. The highest BCUT2D eigenvalue weighted by atomic mass is 16.7. The second-order valence-electron chi connectivity index (χ2n) is 13.8. The van der Waals surface area contributed by atoms with E-state index in [0.717, 1.165) is 53.8 Å². The molecule has 1 fully saturated rings. The van der Waals surface area contributed by atoms with Gasteiger partial charge in [-0.15, -0.1) is 6.58 Å². The van der Waals surface area contributed by atoms with E-state index in [9.17, 15) is 15.0 Å². The van der Waals surface area contributed by atoms with Crippen LogP contribution in [0.1, 0.15) is 81.4 Å². The minimum atomic E-state index is -1.31. The van der Waals surface area contributed by atoms with Gasteiger partial charge < -0.3 is 38.9 Å². The Hall–Kier alpha value is -3.86. The van der Waals surface area contributed by atoms with Crippen molar-refractivity contribution in [1.82, 2.24) is 4.90 Å². The summed E-state index contributed by atoms with van der Waals surface area (Å²) >= 11 is 0. The van der Waals surface area contributed by atoms with Gasteiger partial charge in [-0.25, -0.2) is 4.79 Å². The van der Waals surface area contributed by atoms with Crippen LogP contribution in [0.25, 0.3) is 0 Å². The zero-order valence-corrected chi connectivity index (χ0v) is 30.9. The number of unbranched alkanes of at least 4 members (excludes halogenated alkanes) is 2. The maximum absolute atomic E-state index is 13.5. The second kappa shape index (κ2) is 17.6. The minimum absolute atomic E-state index is 0.120. The maximum Gasteiger partial charge on any atom is 0.409 e. The predicted octanol–water partition coefficient (Wildman–Crippen LogP) is 7.84. The van der Waals surface area contributed by atoms with Crippen molar-refractivity contribution in [2.75, 3.05) is 40.1 Å². The fraction of sp³-hybridized carbons (Fsp3) is 0.561. The van der Waals surface area contributed by atoms with Crippen molar-refractivity contribution in [3.63, 3.8) is 0 Å². The van der Waals surface area contributed by atoms with Crippen molar-refractivity contribution in [2.45, 2.75) is 90.4 Å². The van der Waals surface area contributed by atoms with Gasteiger partial charge >= 0.3 is 6.09 Å². The van der Waals surface area contributed by atoms with Crippen LogP contribution in [0.15, 0.2) is 65.9 Å². The summed E-state index contributed by atoms with van der Waals surface area (Å²) in [5, 5.41) is 24.2. The molecule has 5 rings (SSSR count). The number of ether oxygens (including phenoxy) is 4. The average molecular weight is 705 g/mol. The summed E-state index contributed by atoms with van der Waals surface area (Å²) in [5.41, 5.74) is 5.09. The molecule has 0 spiro atoms. The molecule has 2 aromatic rings. The SMILES string of the molecule is C=CCOC12Oc3ccc(Oc4ccc(C)c(C)c4)cc3C3C(CCCCO)C(CCCCO)C=C(C(=NOCC)CC1N(C)C(=O)OCC)C32. The fourth-order valence-electron chi connectivity index (χ4n) is 8.20. The van der Waals surface area contributed by atoms with Gasteiger partial charge in [-0.3, -0.25) is 0 Å². The normalized spacial score (nSPS) is 25.6. The van der Waals surface area contributed by atoms with Crippen LogP contribution in [0, 0.1) is 31.6 Å². The molecule has 278 valence electrons. The van der Waals surface area contributed by atoms with Crippen molar-refractivity contribution in [2.24, 2.45) is 22.9 Å². The number of carbonyl (C=O) groups is 1. The summed E-state index contributed by atoms with van der Waals surface area (Å²) in [5.74, 6) is 0.551. The largest absolute Gasteiger partial charge is 0.459 e. The number of aliphatic hydroxyl groups is 2. The van der Waals surface area contributed by atoms with Crippen LogP contribution < -0.4 is 9.47 Å². The number of carbonyl (C=O) groups excluding carboxylic acids is 1. The Balaban J connectivity index is 1.75. The van der Waals surface area contributed by atoms with Crippen LogP contribution >= 0.6 is 0 Å². The molecule has 1 amide bonds. The Morgan fingerprint density at radius 3 is 2.43 bits per heavy atom. The number of oxime groups is 1. The lowest BCUT2D eigenvalue weighted by Gasteiger charge is -2.59. The molecule has 2 aromatic carbocycles. The lowest BCUT2D eigenvalue weighted by molar-refractivity contribution is -0.253. The standard InChI is InChI=1S/C41H56N2O8/c1-7-22-48-41-37(43(6)40(46)47-8-2)26-35(42-49-9-3)33-24-29(14-10-12-20-44)32(15-11-13-21-45)38(39(33)41)34-25-31(18-19-36(34)51-41)50-30-17-16-27(4)28(5)23-30/h7,16-19,23-25,29,32,37-39,44-45H,1,8-15,20-22,26H2,2-6H3. The van der Waals surface area contributed by atoms with Crippen molar-refractivity contribution < 1.29 is 38.8 Å². The number of likely N-dealkylation sites (N-methyl/N-ethyl adjacent to an activating group) is 1. The zero-order chi connectivity index (χ0) is 36.5. The van der Waals surface area contributed by atoms with Crippen LogP contribution in [0.5, 0.6) is 17.2 Å². The number of benzene rings is 2. The number of aryl methyl sites for hydroxylation is 2. The highest BCUT2D eigenvalue weighted by Gasteiger charge is 2.65. The van der Waals surface area contributed by atoms with Gasteiger partial charge in [0.05, 0.1) is 24.8 Å². The lowest BCUT2D eigenvalue weighted by atomic mass is 9.55. The molecule has 2 N–H and O–H groups in total. The molecule has 51 heavy (non-hydrogen) atoms. The molecule has 0 radical (unpaired) electrons. The first kappa shape index (κ1) is 38.4. The summed E-state index contributed by atoms with van der Waals surface area (Å²) in [4.78, 5) is 20.8. The molecule has 0 bridgehead atoms. The summed E-state index contributed by atoms with van der Waals surface area (Å²) in [7, 11) is 1.72. The number of hydrogen-bond acceptors (Lipinski definition) is 9. The van der Waals surface area contributed by atoms with Crippen LogP contribution in [-0.4, -0.2) is 78.8 Å². The molecule has 6 unspecified atom stereocenters. The van der Waals surface area contributed by atoms with Crippen molar-refractivity contribution in [3.05, 3.63) is 77.4 Å². The highest BCUT2D eigenvalue weighted by molar-refractivity contribution is 6.02. The van der Waals surface area contributed by atoms with Crippen LogP contribution in [0.3, 0.4) is 0 Å². The van der Waals surface area contributed by atoms with E-state index in [0.29, 0.717) is 37.4 Å². The summed E-state index contributed by atoms with van der Waals surface area (Å²) < 4.78 is 26.0. The summed E-state index contributed by atoms with van der Waals surface area (Å²) in [6.07, 6.45) is 8.71. The lowest BCUT2D eigenvalue weighted by Crippen LogP contribution is -2.69. The molecule has 1 saturated carbocycles. The van der Waals surface area contributed by atoms with Gasteiger partial charge in [0.1, 0.15) is 29.9 Å². The first-order chi connectivity index (χ1) is 24.7.